The van der Waals surface area contributed by atoms with Gasteiger partial charge >= 0.3 is 0 Å². The molecule has 2 heteroatoms. The average Bonchev–Trinajstić information content (AvgIpc) is 3.62. The molecule has 47 heavy (non-hydrogen) atoms. The molecule has 7 aromatic carbocycles. The van der Waals surface area contributed by atoms with Gasteiger partial charge in [0.25, 0.3) is 0 Å². The lowest BCUT2D eigenvalue weighted by Gasteiger charge is -2.28. The summed E-state index contributed by atoms with van der Waals surface area (Å²) in [5.41, 5.74) is 15.0. The van der Waals surface area contributed by atoms with E-state index in [1.54, 1.807) is 0 Å². The van der Waals surface area contributed by atoms with Crippen LogP contribution in [0.4, 0.5) is 17.1 Å². The van der Waals surface area contributed by atoms with Gasteiger partial charge in [-0.05, 0) is 69.8 Å². The summed E-state index contributed by atoms with van der Waals surface area (Å²) >= 11 is 0. The summed E-state index contributed by atoms with van der Waals surface area (Å²) in [4.78, 5) is 2.37. The first-order valence-electron chi connectivity index (χ1n) is 16.3. The second kappa shape index (κ2) is 10.6. The number of fused-ring (bicyclic) bond motifs is 6. The molecular weight excluding hydrogens is 571 g/mol. The molecule has 1 aliphatic carbocycles. The Balaban J connectivity index is 1.20. The van der Waals surface area contributed by atoms with Crippen molar-refractivity contribution in [1.29, 1.82) is 0 Å². The van der Waals surface area contributed by atoms with Crippen molar-refractivity contribution in [2.45, 2.75) is 19.3 Å². The molecule has 0 bridgehead atoms. The highest BCUT2D eigenvalue weighted by Gasteiger charge is 2.35. The lowest BCUT2D eigenvalue weighted by molar-refractivity contribution is 0.660. The first kappa shape index (κ1) is 27.5. The fourth-order valence-electron chi connectivity index (χ4n) is 7.56. The Morgan fingerprint density at radius 3 is 1.68 bits per heavy atom. The first-order chi connectivity index (χ1) is 23.1. The van der Waals surface area contributed by atoms with Crippen LogP contribution in [0.3, 0.4) is 0 Å². The second-order valence-corrected chi connectivity index (χ2v) is 13.0. The van der Waals surface area contributed by atoms with Gasteiger partial charge in [0.15, 0.2) is 0 Å². The molecule has 0 unspecified atom stereocenters. The van der Waals surface area contributed by atoms with E-state index in [1.807, 2.05) is 0 Å². The molecule has 9 rings (SSSR count). The van der Waals surface area contributed by atoms with Crippen LogP contribution in [0.2, 0.25) is 0 Å². The minimum absolute atomic E-state index is 0.0817. The molecule has 224 valence electrons. The molecule has 2 nitrogen and oxygen atoms in total. The van der Waals surface area contributed by atoms with Gasteiger partial charge in [-0.2, -0.15) is 0 Å². The quantitative estimate of drug-likeness (QED) is 0.195. The zero-order valence-electron chi connectivity index (χ0n) is 26.4. The molecule has 8 aromatic rings. The lowest BCUT2D eigenvalue weighted by Crippen LogP contribution is -2.16. The topological polar surface area (TPSA) is 16.4 Å². The van der Waals surface area contributed by atoms with Crippen LogP contribution in [-0.2, 0) is 5.41 Å². The second-order valence-electron chi connectivity index (χ2n) is 13.0. The molecule has 0 radical (unpaired) electrons. The van der Waals surface area contributed by atoms with Crippen molar-refractivity contribution in [3.05, 3.63) is 175 Å². The standard InChI is InChI=1S/C45H33NO/c1-45(2)41-25-10-9-20-37(41)38-27-26-34(29-42(38)45)46(32-17-7-4-8-18-32)33-19-11-16-31(28-33)36-22-13-24-40-39-23-12-21-35(43(39)47-44(36)40)30-14-5-3-6-15-30/h3-29H,1-2H3. The number of para-hydroxylation sites is 3. The Labute approximate surface area is 275 Å². The summed E-state index contributed by atoms with van der Waals surface area (Å²) in [6.07, 6.45) is 0. The fourth-order valence-corrected chi connectivity index (χ4v) is 7.56. The van der Waals surface area contributed by atoms with Crippen LogP contribution in [0.1, 0.15) is 25.0 Å². The Kier molecular flexibility index (Phi) is 6.20. The maximum atomic E-state index is 6.78. The molecule has 0 atom stereocenters. The van der Waals surface area contributed by atoms with Gasteiger partial charge in [-0.15, -0.1) is 0 Å². The minimum Gasteiger partial charge on any atom is -0.455 e. The zero-order chi connectivity index (χ0) is 31.5. The van der Waals surface area contributed by atoms with Crippen molar-refractivity contribution >= 4 is 39.0 Å². The molecule has 0 N–H and O–H groups in total. The van der Waals surface area contributed by atoms with Crippen molar-refractivity contribution in [2.75, 3.05) is 4.90 Å². The van der Waals surface area contributed by atoms with Gasteiger partial charge in [-0.25, -0.2) is 0 Å². The molecule has 0 spiro atoms. The third-order valence-electron chi connectivity index (χ3n) is 9.86. The van der Waals surface area contributed by atoms with Gasteiger partial charge in [0.2, 0.25) is 0 Å². The Hall–Kier alpha value is -5.86. The zero-order valence-corrected chi connectivity index (χ0v) is 26.4. The number of furan rings is 1. The van der Waals surface area contributed by atoms with Crippen molar-refractivity contribution < 1.29 is 4.42 Å². The number of benzene rings is 7. The van der Waals surface area contributed by atoms with Gasteiger partial charge in [-0.3, -0.25) is 0 Å². The van der Waals surface area contributed by atoms with Gasteiger partial charge < -0.3 is 9.32 Å². The molecule has 1 aromatic heterocycles. The normalized spacial score (nSPS) is 13.1. The summed E-state index contributed by atoms with van der Waals surface area (Å²) in [7, 11) is 0. The molecule has 0 amide bonds. The summed E-state index contributed by atoms with van der Waals surface area (Å²) in [5.74, 6) is 0. The molecule has 0 fully saturated rings. The molecule has 1 aliphatic rings. The van der Waals surface area contributed by atoms with E-state index < -0.39 is 0 Å². The van der Waals surface area contributed by atoms with Crippen molar-refractivity contribution in [1.82, 2.24) is 0 Å². The van der Waals surface area contributed by atoms with Crippen molar-refractivity contribution in [3.8, 4) is 33.4 Å². The Bertz CT molecular complexity index is 2440. The van der Waals surface area contributed by atoms with Crippen molar-refractivity contribution in [2.24, 2.45) is 0 Å². The van der Waals surface area contributed by atoms with Gasteiger partial charge in [0.05, 0.1) is 0 Å². The monoisotopic (exact) mass is 603 g/mol. The highest BCUT2D eigenvalue weighted by atomic mass is 16.3. The van der Waals surface area contributed by atoms with E-state index in [0.717, 1.165) is 61.3 Å². The maximum absolute atomic E-state index is 6.78. The molecule has 0 saturated carbocycles. The number of rotatable bonds is 5. The van der Waals surface area contributed by atoms with Gasteiger partial charge in [0, 0.05) is 44.4 Å². The number of hydrogen-bond acceptors (Lipinski definition) is 2. The maximum Gasteiger partial charge on any atom is 0.143 e. The number of hydrogen-bond donors (Lipinski definition) is 0. The highest BCUT2D eigenvalue weighted by molar-refractivity contribution is 6.13. The van der Waals surface area contributed by atoms with Crippen LogP contribution in [0, 0.1) is 0 Å². The molecule has 0 aliphatic heterocycles. The SMILES string of the molecule is CC1(C)c2ccccc2-c2ccc(N(c3ccccc3)c3cccc(-c4cccc5c4oc4c(-c6ccccc6)cccc45)c3)cc21. The van der Waals surface area contributed by atoms with Gasteiger partial charge in [-0.1, -0.05) is 141 Å². The molecular formula is C45H33NO. The van der Waals surface area contributed by atoms with Crippen LogP contribution in [-0.4, -0.2) is 0 Å². The molecule has 1 heterocycles. The first-order valence-corrected chi connectivity index (χ1v) is 16.3. The van der Waals surface area contributed by atoms with E-state index in [0.29, 0.717) is 0 Å². The van der Waals surface area contributed by atoms with Crippen LogP contribution in [0.15, 0.2) is 168 Å². The Morgan fingerprint density at radius 1 is 0.404 bits per heavy atom. The van der Waals surface area contributed by atoms with Crippen molar-refractivity contribution in [3.63, 3.8) is 0 Å². The summed E-state index contributed by atoms with van der Waals surface area (Å²) in [6.45, 7) is 4.68. The minimum atomic E-state index is -0.0817. The lowest BCUT2D eigenvalue weighted by atomic mass is 9.82. The fraction of sp³-hybridized carbons (Fsp3) is 0.0667. The smallest absolute Gasteiger partial charge is 0.143 e. The summed E-state index contributed by atoms with van der Waals surface area (Å²) in [5, 5.41) is 2.26. The third kappa shape index (κ3) is 4.33. The van der Waals surface area contributed by atoms with Crippen LogP contribution >= 0.6 is 0 Å². The third-order valence-corrected chi connectivity index (χ3v) is 9.86. The van der Waals surface area contributed by atoms with Gasteiger partial charge in [0.1, 0.15) is 11.2 Å². The van der Waals surface area contributed by atoms with Crippen LogP contribution < -0.4 is 4.90 Å². The predicted octanol–water partition coefficient (Wildman–Crippen LogP) is 12.7. The summed E-state index contributed by atoms with van der Waals surface area (Å²) < 4.78 is 6.78. The Morgan fingerprint density at radius 2 is 0.936 bits per heavy atom. The van der Waals surface area contributed by atoms with E-state index in [1.165, 1.54) is 22.3 Å². The van der Waals surface area contributed by atoms with E-state index >= 15 is 0 Å². The number of anilines is 3. The van der Waals surface area contributed by atoms with Crippen LogP contribution in [0.25, 0.3) is 55.3 Å². The summed E-state index contributed by atoms with van der Waals surface area (Å²) in [6, 6.07) is 58.7. The highest BCUT2D eigenvalue weighted by Crippen LogP contribution is 2.51. The van der Waals surface area contributed by atoms with E-state index in [2.05, 4.69) is 183 Å². The molecule has 0 saturated heterocycles. The average molecular weight is 604 g/mol. The van der Waals surface area contributed by atoms with E-state index in [4.69, 9.17) is 4.42 Å². The van der Waals surface area contributed by atoms with E-state index in [9.17, 15) is 0 Å². The number of nitrogens with zero attached hydrogens (tertiary/aromatic N) is 1. The van der Waals surface area contributed by atoms with E-state index in [-0.39, 0.29) is 5.41 Å². The predicted molar refractivity (Wildman–Crippen MR) is 197 cm³/mol. The van der Waals surface area contributed by atoms with Crippen LogP contribution in [0.5, 0.6) is 0 Å². The largest absolute Gasteiger partial charge is 0.455 e.